The minimum atomic E-state index is -0.278. The Kier molecular flexibility index (Phi) is 7.14. The van der Waals surface area contributed by atoms with E-state index >= 15 is 0 Å². The molecule has 0 aliphatic rings. The van der Waals surface area contributed by atoms with Crippen LogP contribution in [0.3, 0.4) is 0 Å². The number of ketones is 1. The second kappa shape index (κ2) is 7.52. The number of nitrogens with zero attached hydrogens (tertiary/aromatic N) is 2. The van der Waals surface area contributed by atoms with Crippen molar-refractivity contribution in [3.8, 4) is 0 Å². The molecule has 106 valence electrons. The summed E-state index contributed by atoms with van der Waals surface area (Å²) in [5.74, 6) is 0.766. The van der Waals surface area contributed by atoms with E-state index < -0.39 is 0 Å². The minimum Gasteiger partial charge on any atom is -0.476 e. The summed E-state index contributed by atoms with van der Waals surface area (Å²) < 4.78 is 5.65. The van der Waals surface area contributed by atoms with Gasteiger partial charge < -0.3 is 9.64 Å². The monoisotopic (exact) mass is 256 g/mol. The average molecular weight is 256 g/mol. The molecular weight excluding hydrogens is 228 g/mol. The van der Waals surface area contributed by atoms with Crippen LogP contribution in [0.15, 0.2) is 4.99 Å². The lowest BCUT2D eigenvalue weighted by Crippen LogP contribution is -2.28. The molecule has 0 aliphatic carbocycles. The van der Waals surface area contributed by atoms with Gasteiger partial charge in [-0.3, -0.25) is 4.79 Å². The van der Waals surface area contributed by atoms with Gasteiger partial charge in [-0.1, -0.05) is 6.92 Å². The van der Waals surface area contributed by atoms with Crippen LogP contribution < -0.4 is 0 Å². The fourth-order valence-corrected chi connectivity index (χ4v) is 1.60. The number of carbonyl (C=O) groups excluding carboxylic acids is 1. The Bertz CT molecular complexity index is 291. The van der Waals surface area contributed by atoms with Gasteiger partial charge in [0.15, 0.2) is 11.7 Å². The summed E-state index contributed by atoms with van der Waals surface area (Å²) in [6.45, 7) is 10.5. The van der Waals surface area contributed by atoms with E-state index in [0.29, 0.717) is 12.3 Å². The zero-order chi connectivity index (χ0) is 14.3. The van der Waals surface area contributed by atoms with Crippen LogP contribution in [0.1, 0.15) is 47.5 Å². The molecule has 0 saturated heterocycles. The molecular formula is C14H28N2O2. The van der Waals surface area contributed by atoms with E-state index in [9.17, 15) is 4.79 Å². The van der Waals surface area contributed by atoms with E-state index in [1.807, 2.05) is 48.7 Å². The largest absolute Gasteiger partial charge is 0.476 e. The van der Waals surface area contributed by atoms with Gasteiger partial charge in [-0.05, 0) is 41.3 Å². The normalized spacial score (nSPS) is 14.8. The third-order valence-electron chi connectivity index (χ3n) is 2.36. The zero-order valence-corrected chi connectivity index (χ0v) is 12.9. The molecule has 0 heterocycles. The van der Waals surface area contributed by atoms with Crippen molar-refractivity contribution in [2.75, 3.05) is 20.6 Å². The number of carbonyl (C=O) groups is 1. The Morgan fingerprint density at radius 1 is 1.33 bits per heavy atom. The molecule has 0 aromatic rings. The third-order valence-corrected chi connectivity index (χ3v) is 2.36. The summed E-state index contributed by atoms with van der Waals surface area (Å²) in [6, 6.07) is -0.278. The van der Waals surface area contributed by atoms with Crippen molar-refractivity contribution in [1.82, 2.24) is 4.90 Å². The molecule has 0 saturated carbocycles. The summed E-state index contributed by atoms with van der Waals surface area (Å²) in [6.07, 6.45) is 1.26. The Morgan fingerprint density at radius 3 is 2.28 bits per heavy atom. The molecule has 1 atom stereocenters. The summed E-state index contributed by atoms with van der Waals surface area (Å²) >= 11 is 0. The van der Waals surface area contributed by atoms with Crippen molar-refractivity contribution in [3.05, 3.63) is 0 Å². The summed E-state index contributed by atoms with van der Waals surface area (Å²) in [5.41, 5.74) is -0.269. The van der Waals surface area contributed by atoms with Gasteiger partial charge >= 0.3 is 0 Å². The maximum Gasteiger partial charge on any atom is 0.181 e. The van der Waals surface area contributed by atoms with Crippen LogP contribution in [-0.4, -0.2) is 48.9 Å². The summed E-state index contributed by atoms with van der Waals surface area (Å²) in [4.78, 5) is 18.3. The molecule has 0 radical (unpaired) electrons. The van der Waals surface area contributed by atoms with Crippen molar-refractivity contribution >= 4 is 11.7 Å². The van der Waals surface area contributed by atoms with Gasteiger partial charge in [0.2, 0.25) is 0 Å². The van der Waals surface area contributed by atoms with Gasteiger partial charge in [0, 0.05) is 19.9 Å². The molecule has 4 nitrogen and oxygen atoms in total. The van der Waals surface area contributed by atoms with Crippen molar-refractivity contribution in [1.29, 1.82) is 0 Å². The zero-order valence-electron chi connectivity index (χ0n) is 12.9. The highest BCUT2D eigenvalue weighted by molar-refractivity contribution is 5.86. The molecule has 18 heavy (non-hydrogen) atoms. The van der Waals surface area contributed by atoms with E-state index in [4.69, 9.17) is 4.74 Å². The lowest BCUT2D eigenvalue weighted by molar-refractivity contribution is -0.120. The standard InChI is InChI=1S/C14H28N2O2/c1-8-13(17)12(9-10-16(6)7)15-11(2)18-14(3,4)5/h12H,8-10H2,1-7H3. The highest BCUT2D eigenvalue weighted by Crippen LogP contribution is 2.10. The Balaban J connectivity index is 4.66. The smallest absolute Gasteiger partial charge is 0.181 e. The molecule has 4 heteroatoms. The second-order valence-corrected chi connectivity index (χ2v) is 5.79. The van der Waals surface area contributed by atoms with Crippen LogP contribution in [0, 0.1) is 0 Å². The highest BCUT2D eigenvalue weighted by atomic mass is 16.5. The Morgan fingerprint density at radius 2 is 1.89 bits per heavy atom. The predicted octanol–water partition coefficient (Wildman–Crippen LogP) is 2.52. The molecule has 0 aromatic heterocycles. The molecule has 0 fully saturated rings. The van der Waals surface area contributed by atoms with E-state index in [1.54, 1.807) is 0 Å². The highest BCUT2D eigenvalue weighted by Gasteiger charge is 2.18. The number of rotatable bonds is 6. The second-order valence-electron chi connectivity index (χ2n) is 5.79. The molecule has 0 N–H and O–H groups in total. The Hall–Kier alpha value is -0.900. The number of aliphatic imine (C=N–C) groups is 1. The van der Waals surface area contributed by atoms with Crippen LogP contribution >= 0.6 is 0 Å². The maximum absolute atomic E-state index is 11.8. The van der Waals surface area contributed by atoms with Crippen molar-refractivity contribution in [3.63, 3.8) is 0 Å². The first-order valence-electron chi connectivity index (χ1n) is 6.56. The van der Waals surface area contributed by atoms with Crippen LogP contribution in [0.25, 0.3) is 0 Å². The van der Waals surface area contributed by atoms with Gasteiger partial charge in [0.25, 0.3) is 0 Å². The van der Waals surface area contributed by atoms with Gasteiger partial charge in [0.1, 0.15) is 11.6 Å². The maximum atomic E-state index is 11.8. The molecule has 0 aliphatic heterocycles. The first-order chi connectivity index (χ1) is 8.15. The lowest BCUT2D eigenvalue weighted by Gasteiger charge is -2.22. The number of ether oxygens (including phenoxy) is 1. The van der Waals surface area contributed by atoms with E-state index in [1.165, 1.54) is 0 Å². The predicted molar refractivity (Wildman–Crippen MR) is 76.2 cm³/mol. The summed E-state index contributed by atoms with van der Waals surface area (Å²) in [5, 5.41) is 0. The van der Waals surface area contributed by atoms with Gasteiger partial charge in [-0.15, -0.1) is 0 Å². The van der Waals surface area contributed by atoms with Crippen LogP contribution in [0.5, 0.6) is 0 Å². The number of hydrogen-bond acceptors (Lipinski definition) is 4. The van der Waals surface area contributed by atoms with Gasteiger partial charge in [0.05, 0.1) is 0 Å². The first-order valence-corrected chi connectivity index (χ1v) is 6.56. The molecule has 0 aromatic carbocycles. The van der Waals surface area contributed by atoms with Crippen LogP contribution in [-0.2, 0) is 9.53 Å². The van der Waals surface area contributed by atoms with E-state index in [0.717, 1.165) is 13.0 Å². The molecule has 1 unspecified atom stereocenters. The first kappa shape index (κ1) is 17.1. The lowest BCUT2D eigenvalue weighted by atomic mass is 10.1. The SMILES string of the molecule is CCC(=O)C(CCN(C)C)N=C(C)OC(C)(C)C. The molecule has 0 bridgehead atoms. The van der Waals surface area contributed by atoms with Crippen molar-refractivity contribution in [2.24, 2.45) is 4.99 Å². The van der Waals surface area contributed by atoms with Gasteiger partial charge in [-0.2, -0.15) is 0 Å². The molecule has 0 amide bonds. The van der Waals surface area contributed by atoms with E-state index in [2.05, 4.69) is 9.89 Å². The summed E-state index contributed by atoms with van der Waals surface area (Å²) in [7, 11) is 3.99. The topological polar surface area (TPSA) is 41.9 Å². The van der Waals surface area contributed by atoms with Crippen molar-refractivity contribution < 1.29 is 9.53 Å². The van der Waals surface area contributed by atoms with E-state index in [-0.39, 0.29) is 17.4 Å². The minimum absolute atomic E-state index is 0.175. The third kappa shape index (κ3) is 8.23. The average Bonchev–Trinajstić information content (AvgIpc) is 2.20. The van der Waals surface area contributed by atoms with Gasteiger partial charge in [-0.25, -0.2) is 4.99 Å². The Labute approximate surface area is 111 Å². The molecule has 0 spiro atoms. The number of Topliss-reactive ketones (excluding diaryl/α,β-unsaturated/α-hetero) is 1. The fourth-order valence-electron chi connectivity index (χ4n) is 1.60. The molecule has 0 rings (SSSR count). The van der Waals surface area contributed by atoms with Crippen LogP contribution in [0.2, 0.25) is 0 Å². The number of hydrogen-bond donors (Lipinski definition) is 0. The van der Waals surface area contributed by atoms with Crippen LogP contribution in [0.4, 0.5) is 0 Å². The fraction of sp³-hybridized carbons (Fsp3) is 0.857. The quantitative estimate of drug-likeness (QED) is 0.541. The van der Waals surface area contributed by atoms with Crippen molar-refractivity contribution in [2.45, 2.75) is 59.1 Å².